The lowest BCUT2D eigenvalue weighted by atomic mass is 9.93. The molecule has 1 atom stereocenters. The van der Waals surface area contributed by atoms with Gasteiger partial charge in [-0.2, -0.15) is 0 Å². The van der Waals surface area contributed by atoms with Crippen molar-refractivity contribution in [1.29, 1.82) is 0 Å². The van der Waals surface area contributed by atoms with Crippen LogP contribution in [0, 0.1) is 0 Å². The van der Waals surface area contributed by atoms with Crippen molar-refractivity contribution in [3.63, 3.8) is 0 Å². The van der Waals surface area contributed by atoms with Crippen LogP contribution in [0.1, 0.15) is 49.8 Å². The molecule has 1 fully saturated rings. The molecule has 0 saturated carbocycles. The van der Waals surface area contributed by atoms with Crippen molar-refractivity contribution in [2.24, 2.45) is 0 Å². The van der Waals surface area contributed by atoms with E-state index in [1.54, 1.807) is 11.1 Å². The summed E-state index contributed by atoms with van der Waals surface area (Å²) < 4.78 is 0. The quantitative estimate of drug-likeness (QED) is 0.795. The molecule has 2 aliphatic heterocycles. The summed E-state index contributed by atoms with van der Waals surface area (Å²) in [7, 11) is 0. The van der Waals surface area contributed by atoms with Crippen molar-refractivity contribution >= 4 is 23.8 Å². The fourth-order valence-corrected chi connectivity index (χ4v) is 3.60. The van der Waals surface area contributed by atoms with E-state index < -0.39 is 0 Å². The van der Waals surface area contributed by atoms with Crippen molar-refractivity contribution in [3.8, 4) is 0 Å². The van der Waals surface area contributed by atoms with Gasteiger partial charge in [0.2, 0.25) is 17.7 Å². The predicted octanol–water partition coefficient (Wildman–Crippen LogP) is 2.08. The van der Waals surface area contributed by atoms with Crippen molar-refractivity contribution in [2.75, 3.05) is 19.6 Å². The fraction of sp³-hybridized carbons (Fsp3) is 0.450. The zero-order valence-corrected chi connectivity index (χ0v) is 15.1. The molecule has 1 unspecified atom stereocenters. The van der Waals surface area contributed by atoms with Gasteiger partial charge in [-0.1, -0.05) is 24.3 Å². The van der Waals surface area contributed by atoms with Crippen LogP contribution in [-0.4, -0.2) is 47.2 Å². The molecule has 1 N–H and O–H groups in total. The maximum atomic E-state index is 12.4. The number of rotatable bonds is 6. The van der Waals surface area contributed by atoms with Crippen molar-refractivity contribution in [1.82, 2.24) is 15.1 Å². The smallest absolute Gasteiger partial charge is 0.223 e. The molecule has 1 saturated heterocycles. The maximum Gasteiger partial charge on any atom is 0.223 e. The average molecular weight is 355 g/mol. The van der Waals surface area contributed by atoms with Crippen LogP contribution in [-0.2, 0) is 14.4 Å². The minimum atomic E-state index is -0.283. The fourth-order valence-electron chi connectivity index (χ4n) is 3.60. The second kappa shape index (κ2) is 8.17. The molecule has 0 bridgehead atoms. The molecule has 3 amide bonds. The van der Waals surface area contributed by atoms with E-state index in [4.69, 9.17) is 0 Å². The Morgan fingerprint density at radius 1 is 1.27 bits per heavy atom. The summed E-state index contributed by atoms with van der Waals surface area (Å²) >= 11 is 0. The molecular weight excluding hydrogens is 330 g/mol. The van der Waals surface area contributed by atoms with Gasteiger partial charge in [0.25, 0.3) is 0 Å². The molecule has 0 aliphatic carbocycles. The minimum Gasteiger partial charge on any atom is -0.356 e. The summed E-state index contributed by atoms with van der Waals surface area (Å²) in [5, 5.41) is 2.92. The highest BCUT2D eigenvalue weighted by molar-refractivity contribution is 5.82. The molecule has 6 nitrogen and oxygen atoms in total. The monoisotopic (exact) mass is 355 g/mol. The molecule has 0 radical (unpaired) electrons. The van der Waals surface area contributed by atoms with Crippen LogP contribution < -0.4 is 5.32 Å². The van der Waals surface area contributed by atoms with Crippen molar-refractivity contribution in [2.45, 2.75) is 38.6 Å². The van der Waals surface area contributed by atoms with Gasteiger partial charge in [-0.3, -0.25) is 14.4 Å². The molecular formula is C20H25N3O3. The molecule has 138 valence electrons. The third kappa shape index (κ3) is 4.12. The molecule has 3 rings (SSSR count). The van der Waals surface area contributed by atoms with E-state index in [0.29, 0.717) is 19.5 Å². The SMILES string of the molecule is CC(=O)N1C=Cc2ccccc2C1CC(=O)NCCCN1CCCC1=O. The Hall–Kier alpha value is -2.63. The number of nitrogens with one attached hydrogen (secondary N) is 1. The van der Waals surface area contributed by atoms with Crippen molar-refractivity contribution in [3.05, 3.63) is 41.6 Å². The third-order valence-electron chi connectivity index (χ3n) is 4.95. The maximum absolute atomic E-state index is 12.4. The van der Waals surface area contributed by atoms with E-state index in [1.807, 2.05) is 35.2 Å². The van der Waals surface area contributed by atoms with Gasteiger partial charge in [-0.05, 0) is 30.0 Å². The van der Waals surface area contributed by atoms with Gasteiger partial charge < -0.3 is 15.1 Å². The van der Waals surface area contributed by atoms with Gasteiger partial charge in [0, 0.05) is 39.2 Å². The lowest BCUT2D eigenvalue weighted by molar-refractivity contribution is -0.130. The van der Waals surface area contributed by atoms with Crippen LogP contribution in [0.4, 0.5) is 0 Å². The molecule has 6 heteroatoms. The van der Waals surface area contributed by atoms with Gasteiger partial charge in [0.15, 0.2) is 0 Å². The van der Waals surface area contributed by atoms with Crippen LogP contribution in [0.3, 0.4) is 0 Å². The molecule has 2 heterocycles. The van der Waals surface area contributed by atoms with E-state index in [1.165, 1.54) is 6.92 Å². The summed E-state index contributed by atoms with van der Waals surface area (Å²) in [6.07, 6.45) is 6.20. The first-order valence-electron chi connectivity index (χ1n) is 9.17. The average Bonchev–Trinajstić information content (AvgIpc) is 3.03. The second-order valence-electron chi connectivity index (χ2n) is 6.78. The van der Waals surface area contributed by atoms with Crippen molar-refractivity contribution < 1.29 is 14.4 Å². The first-order chi connectivity index (χ1) is 12.6. The van der Waals surface area contributed by atoms with Gasteiger partial charge in [-0.15, -0.1) is 0 Å². The minimum absolute atomic E-state index is 0.0823. The zero-order chi connectivity index (χ0) is 18.5. The molecule has 1 aromatic rings. The molecule has 0 aromatic heterocycles. The first-order valence-corrected chi connectivity index (χ1v) is 9.17. The molecule has 1 aromatic carbocycles. The molecule has 2 aliphatic rings. The lowest BCUT2D eigenvalue weighted by Gasteiger charge is -2.32. The zero-order valence-electron chi connectivity index (χ0n) is 15.1. The highest BCUT2D eigenvalue weighted by Crippen LogP contribution is 2.32. The van der Waals surface area contributed by atoms with Crippen LogP contribution in [0.15, 0.2) is 30.5 Å². The topological polar surface area (TPSA) is 69.7 Å². The summed E-state index contributed by atoms with van der Waals surface area (Å²) in [6, 6.07) is 7.54. The second-order valence-corrected chi connectivity index (χ2v) is 6.78. The Morgan fingerprint density at radius 2 is 2.08 bits per heavy atom. The Balaban J connectivity index is 1.54. The number of hydrogen-bond acceptors (Lipinski definition) is 3. The highest BCUT2D eigenvalue weighted by atomic mass is 16.2. The highest BCUT2D eigenvalue weighted by Gasteiger charge is 2.28. The number of likely N-dealkylation sites (tertiary alicyclic amines) is 1. The Labute approximate surface area is 153 Å². The summed E-state index contributed by atoms with van der Waals surface area (Å²) in [5.74, 6) is 0.0410. The number of fused-ring (bicyclic) bond motifs is 1. The largest absolute Gasteiger partial charge is 0.356 e. The van der Waals surface area contributed by atoms with Crippen LogP contribution in [0.2, 0.25) is 0 Å². The van der Waals surface area contributed by atoms with Crippen LogP contribution in [0.25, 0.3) is 6.08 Å². The van der Waals surface area contributed by atoms with Gasteiger partial charge in [-0.25, -0.2) is 0 Å². The van der Waals surface area contributed by atoms with E-state index >= 15 is 0 Å². The van der Waals surface area contributed by atoms with E-state index in [9.17, 15) is 14.4 Å². The standard InChI is InChI=1S/C20H25N3O3/c1-15(24)23-13-9-16-6-2-3-7-17(16)18(23)14-19(25)21-10-5-12-22-11-4-8-20(22)26/h2-3,6-7,9,13,18H,4-5,8,10-12,14H2,1H3,(H,21,25). The molecule has 26 heavy (non-hydrogen) atoms. The normalized spacial score (nSPS) is 18.8. The number of carbonyl (C=O) groups is 3. The number of benzene rings is 1. The molecule has 0 spiro atoms. The van der Waals surface area contributed by atoms with Gasteiger partial charge in [0.05, 0.1) is 12.5 Å². The van der Waals surface area contributed by atoms with E-state index in [0.717, 1.165) is 30.5 Å². The Bertz CT molecular complexity index is 729. The van der Waals surface area contributed by atoms with E-state index in [2.05, 4.69) is 5.32 Å². The van der Waals surface area contributed by atoms with E-state index in [-0.39, 0.29) is 30.2 Å². The number of amides is 3. The van der Waals surface area contributed by atoms with Crippen LogP contribution in [0.5, 0.6) is 0 Å². The first kappa shape index (κ1) is 18.2. The van der Waals surface area contributed by atoms with Crippen LogP contribution >= 0.6 is 0 Å². The lowest BCUT2D eigenvalue weighted by Crippen LogP contribution is -2.36. The van der Waals surface area contributed by atoms with Gasteiger partial charge >= 0.3 is 0 Å². The summed E-state index contributed by atoms with van der Waals surface area (Å²) in [5.41, 5.74) is 2.03. The number of hydrogen-bond donors (Lipinski definition) is 1. The third-order valence-corrected chi connectivity index (χ3v) is 4.95. The Kier molecular flexibility index (Phi) is 5.71. The number of nitrogens with zero attached hydrogens (tertiary/aromatic N) is 2. The number of carbonyl (C=O) groups excluding carboxylic acids is 3. The summed E-state index contributed by atoms with van der Waals surface area (Å²) in [6.45, 7) is 3.56. The summed E-state index contributed by atoms with van der Waals surface area (Å²) in [4.78, 5) is 39.4. The Morgan fingerprint density at radius 3 is 2.81 bits per heavy atom. The van der Waals surface area contributed by atoms with Gasteiger partial charge in [0.1, 0.15) is 0 Å². The predicted molar refractivity (Wildman–Crippen MR) is 98.8 cm³/mol.